The van der Waals surface area contributed by atoms with Gasteiger partial charge in [0.2, 0.25) is 23.6 Å². The minimum atomic E-state index is -2.12. The lowest BCUT2D eigenvalue weighted by Gasteiger charge is -2.36. The van der Waals surface area contributed by atoms with Crippen LogP contribution in [0.25, 0.3) is 0 Å². The lowest BCUT2D eigenvalue weighted by atomic mass is 10.0. The molecule has 0 aromatic rings. The first-order valence-corrected chi connectivity index (χ1v) is 18.8. The number of carbonyl (C=O) groups is 7. The van der Waals surface area contributed by atoms with Gasteiger partial charge >= 0.3 is 11.9 Å². The predicted molar refractivity (Wildman–Crippen MR) is 192 cm³/mol. The summed E-state index contributed by atoms with van der Waals surface area (Å²) in [6, 6.07) is -5.19. The highest BCUT2D eigenvalue weighted by Gasteiger charge is 2.41. The molecule has 0 saturated heterocycles. The van der Waals surface area contributed by atoms with Gasteiger partial charge in [0.1, 0.15) is 43.3 Å². The maximum atomic E-state index is 13.0. The lowest BCUT2D eigenvalue weighted by Crippen LogP contribution is -2.61. The summed E-state index contributed by atoms with van der Waals surface area (Å²) in [5, 5.41) is 45.1. The van der Waals surface area contributed by atoms with E-state index < -0.39 is 98.1 Å². The zero-order valence-electron chi connectivity index (χ0n) is 31.7. The Morgan fingerprint density at radius 2 is 1.30 bits per heavy atom. The minimum Gasteiger partial charge on any atom is -0.481 e. The van der Waals surface area contributed by atoms with Crippen LogP contribution in [0.1, 0.15) is 136 Å². The van der Waals surface area contributed by atoms with Crippen molar-refractivity contribution in [2.24, 2.45) is 5.73 Å². The van der Waals surface area contributed by atoms with Crippen LogP contribution in [0.4, 0.5) is 0 Å². The average molecular weight is 761 g/mol. The monoisotopic (exact) mass is 760 g/mol. The predicted octanol–water partition coefficient (Wildman–Crippen LogP) is 1.56. The first-order valence-electron chi connectivity index (χ1n) is 18.8. The molecule has 0 spiro atoms. The number of nitrogens with zero attached hydrogens (tertiary/aromatic N) is 1. The topological polar surface area (TPSA) is 272 Å². The number of aldehydes is 1. The molecule has 0 aromatic heterocycles. The van der Waals surface area contributed by atoms with Gasteiger partial charge in [-0.25, -0.2) is 5.06 Å². The molecule has 0 aliphatic carbocycles. The van der Waals surface area contributed by atoms with E-state index in [1.807, 2.05) is 0 Å². The highest BCUT2D eigenvalue weighted by Crippen LogP contribution is 2.17. The van der Waals surface area contributed by atoms with Crippen molar-refractivity contribution in [3.63, 3.8) is 0 Å². The number of amides is 4. The van der Waals surface area contributed by atoms with Crippen LogP contribution in [0.15, 0.2) is 0 Å². The fraction of sp³-hybridized carbons (Fsp3) is 0.806. The Bertz CT molecular complexity index is 1110. The zero-order chi connectivity index (χ0) is 40.2. The minimum absolute atomic E-state index is 0.0635. The van der Waals surface area contributed by atoms with Gasteiger partial charge < -0.3 is 46.3 Å². The zero-order valence-corrected chi connectivity index (χ0v) is 31.7. The summed E-state index contributed by atoms with van der Waals surface area (Å²) in [6.45, 7) is 2.25. The fourth-order valence-corrected chi connectivity index (χ4v) is 5.56. The van der Waals surface area contributed by atoms with Crippen LogP contribution < -0.4 is 16.4 Å². The number of aliphatic carboxylic acids is 1. The molecule has 0 aromatic carbocycles. The Hall–Kier alpha value is -3.67. The second-order valence-electron chi connectivity index (χ2n) is 13.3. The molecule has 17 nitrogen and oxygen atoms in total. The van der Waals surface area contributed by atoms with Crippen molar-refractivity contribution in [1.29, 1.82) is 0 Å². The molecule has 0 fully saturated rings. The van der Waals surface area contributed by atoms with E-state index in [-0.39, 0.29) is 17.8 Å². The molecular formula is C36H64N4O13. The number of hydrogen-bond donors (Lipinski definition) is 7. The Labute approximate surface area is 312 Å². The van der Waals surface area contributed by atoms with Gasteiger partial charge in [0.25, 0.3) is 0 Å². The largest absolute Gasteiger partial charge is 0.481 e. The number of unbranched alkanes of at least 4 members (excludes halogenated alkanes) is 14. The number of nitrogens with one attached hydrogen (secondary N) is 2. The van der Waals surface area contributed by atoms with Crippen LogP contribution >= 0.6 is 0 Å². The molecule has 8 N–H and O–H groups in total. The van der Waals surface area contributed by atoms with Crippen molar-refractivity contribution in [3.05, 3.63) is 0 Å². The van der Waals surface area contributed by atoms with Crippen molar-refractivity contribution in [2.75, 3.05) is 13.2 Å². The maximum absolute atomic E-state index is 13.0. The third-order valence-corrected chi connectivity index (χ3v) is 8.61. The van der Waals surface area contributed by atoms with Crippen LogP contribution in [0.5, 0.6) is 0 Å². The lowest BCUT2D eigenvalue weighted by molar-refractivity contribution is -0.250. The van der Waals surface area contributed by atoms with Crippen molar-refractivity contribution in [3.8, 4) is 0 Å². The summed E-state index contributed by atoms with van der Waals surface area (Å²) in [7, 11) is 0. The first kappa shape index (κ1) is 49.3. The van der Waals surface area contributed by atoms with Crippen LogP contribution in [0, 0.1) is 0 Å². The van der Waals surface area contributed by atoms with E-state index in [0.29, 0.717) is 6.42 Å². The van der Waals surface area contributed by atoms with E-state index in [1.54, 1.807) is 0 Å². The number of rotatable bonds is 33. The Morgan fingerprint density at radius 3 is 1.72 bits per heavy atom. The number of ether oxygens (including phenoxy) is 1. The molecular weight excluding hydrogens is 696 g/mol. The van der Waals surface area contributed by atoms with Gasteiger partial charge in [0.05, 0.1) is 6.61 Å². The second-order valence-corrected chi connectivity index (χ2v) is 13.3. The molecule has 0 unspecified atom stereocenters. The molecule has 0 rings (SSSR count). The average Bonchev–Trinajstić information content (AvgIpc) is 3.10. The van der Waals surface area contributed by atoms with Gasteiger partial charge in [-0.05, 0) is 12.8 Å². The van der Waals surface area contributed by atoms with Crippen molar-refractivity contribution >= 4 is 41.9 Å². The van der Waals surface area contributed by atoms with E-state index in [9.17, 15) is 48.9 Å². The Balaban J connectivity index is 5.13. The van der Waals surface area contributed by atoms with Crippen molar-refractivity contribution in [2.45, 2.75) is 173 Å². The van der Waals surface area contributed by atoms with Gasteiger partial charge in [-0.1, -0.05) is 96.8 Å². The van der Waals surface area contributed by atoms with Crippen LogP contribution in [0.3, 0.4) is 0 Å². The van der Waals surface area contributed by atoms with Crippen LogP contribution in [0.2, 0.25) is 0 Å². The van der Waals surface area contributed by atoms with Crippen LogP contribution in [-0.2, 0) is 43.1 Å². The Morgan fingerprint density at radius 1 is 0.792 bits per heavy atom. The standard InChI is InChI=1S/C36H64N4O13/c1-4-5-6-7-8-9-10-11-12-13-14-15-16-17-18-19-32(48)52-24-30(45)33(49)34(28(22-41)38-25(2)43)53-40(26(3)44)29(23-42)36(51)39-27(35(37)50)20-21-31(46)47/h22,27-30,33-34,42,45,49H,4-21,23-24H2,1-3H3,(H2,37,50)(H,38,43)(H,39,51)(H,46,47)/t27-,28+,29+,30-,33-,34-/m1/s1. The second kappa shape index (κ2) is 29.7. The molecule has 6 atom stereocenters. The molecule has 0 bridgehead atoms. The number of aliphatic hydroxyl groups excluding tert-OH is 3. The third-order valence-electron chi connectivity index (χ3n) is 8.61. The summed E-state index contributed by atoms with van der Waals surface area (Å²) in [6.07, 6.45) is 10.6. The Kier molecular flexibility index (Phi) is 27.7. The normalized spacial score (nSPS) is 14.5. The van der Waals surface area contributed by atoms with E-state index >= 15 is 0 Å². The van der Waals surface area contributed by atoms with E-state index in [0.717, 1.165) is 39.5 Å². The van der Waals surface area contributed by atoms with Gasteiger partial charge in [0.15, 0.2) is 6.04 Å². The summed E-state index contributed by atoms with van der Waals surface area (Å²) >= 11 is 0. The molecule has 0 heterocycles. The number of hydroxylamine groups is 2. The van der Waals surface area contributed by atoms with Gasteiger partial charge in [-0.15, -0.1) is 0 Å². The summed E-state index contributed by atoms with van der Waals surface area (Å²) in [5.41, 5.74) is 5.24. The van der Waals surface area contributed by atoms with Crippen molar-refractivity contribution in [1.82, 2.24) is 15.7 Å². The first-order chi connectivity index (χ1) is 25.2. The molecule has 0 radical (unpaired) electrons. The molecule has 306 valence electrons. The SMILES string of the molecule is CCCCCCCCCCCCCCCCCC(=O)OC[C@@H](O)[C@@H](O)[C@H](ON(C(C)=O)[C@@H](CO)C(=O)N[C@H](CCC(=O)O)C(N)=O)[C@H](C=O)NC(C)=O. The summed E-state index contributed by atoms with van der Waals surface area (Å²) < 4.78 is 5.10. The number of carboxylic acid groups (broad SMARTS) is 1. The van der Waals surface area contributed by atoms with E-state index in [2.05, 4.69) is 17.6 Å². The smallest absolute Gasteiger partial charge is 0.305 e. The highest BCUT2D eigenvalue weighted by atomic mass is 16.7. The van der Waals surface area contributed by atoms with Gasteiger partial charge in [-0.3, -0.25) is 33.6 Å². The number of esters is 1. The van der Waals surface area contributed by atoms with E-state index in [4.69, 9.17) is 20.4 Å². The van der Waals surface area contributed by atoms with Crippen molar-refractivity contribution < 1.29 is 63.6 Å². The van der Waals surface area contributed by atoms with Gasteiger partial charge in [0, 0.05) is 26.7 Å². The highest BCUT2D eigenvalue weighted by molar-refractivity contribution is 5.91. The molecule has 53 heavy (non-hydrogen) atoms. The number of primary amides is 1. The number of hydrogen-bond acceptors (Lipinski definition) is 12. The molecule has 0 aliphatic heterocycles. The number of nitrogens with two attached hydrogens (primary N) is 1. The molecule has 0 aliphatic rings. The number of aliphatic hydroxyl groups is 3. The molecule has 0 saturated carbocycles. The number of carbonyl (C=O) groups excluding carboxylic acids is 6. The molecule has 17 heteroatoms. The van der Waals surface area contributed by atoms with Crippen LogP contribution in [-0.4, -0.2) is 117 Å². The summed E-state index contributed by atoms with van der Waals surface area (Å²) in [5.74, 6) is -6.10. The molecule has 4 amide bonds. The van der Waals surface area contributed by atoms with E-state index in [1.165, 1.54) is 64.2 Å². The maximum Gasteiger partial charge on any atom is 0.305 e. The fourth-order valence-electron chi connectivity index (χ4n) is 5.56. The quantitative estimate of drug-likeness (QED) is 0.0217. The van der Waals surface area contributed by atoms with Gasteiger partial charge in [-0.2, -0.15) is 0 Å². The number of carboxylic acids is 1. The third kappa shape index (κ3) is 22.9. The summed E-state index contributed by atoms with van der Waals surface area (Å²) in [4.78, 5) is 89.9.